The average molecular weight is 370 g/mol. The van der Waals surface area contributed by atoms with Gasteiger partial charge in [0.2, 0.25) is 11.8 Å². The molecule has 1 atom stereocenters. The summed E-state index contributed by atoms with van der Waals surface area (Å²) in [4.78, 5) is 28.0. The second-order valence-corrected chi connectivity index (χ2v) is 7.30. The van der Waals surface area contributed by atoms with Crippen LogP contribution < -0.4 is 0 Å². The number of rotatable bonds is 4. The van der Waals surface area contributed by atoms with Crippen LogP contribution in [0.3, 0.4) is 0 Å². The zero-order chi connectivity index (χ0) is 18.8. The van der Waals surface area contributed by atoms with Crippen molar-refractivity contribution in [1.82, 2.24) is 20.0 Å². The molecule has 2 fully saturated rings. The van der Waals surface area contributed by atoms with Crippen LogP contribution in [0, 0.1) is 5.82 Å². The van der Waals surface area contributed by atoms with E-state index in [1.807, 2.05) is 4.90 Å². The van der Waals surface area contributed by atoms with E-state index >= 15 is 0 Å². The van der Waals surface area contributed by atoms with Crippen LogP contribution in [0.25, 0.3) is 11.1 Å². The lowest BCUT2D eigenvalue weighted by atomic mass is 9.90. The molecule has 6 nitrogen and oxygen atoms in total. The lowest BCUT2D eigenvalue weighted by molar-refractivity contribution is -0.139. The van der Waals surface area contributed by atoms with E-state index in [1.54, 1.807) is 23.2 Å². The molecule has 2 aliphatic heterocycles. The van der Waals surface area contributed by atoms with Crippen molar-refractivity contribution < 1.29 is 14.0 Å². The summed E-state index contributed by atoms with van der Waals surface area (Å²) in [5, 5.41) is 7.27. The second kappa shape index (κ2) is 7.50. The molecule has 7 heteroatoms. The Hall–Kier alpha value is -2.70. The zero-order valence-electron chi connectivity index (χ0n) is 15.2. The van der Waals surface area contributed by atoms with Crippen molar-refractivity contribution in [3.8, 4) is 11.1 Å². The Kier molecular flexibility index (Phi) is 4.92. The van der Waals surface area contributed by atoms with Crippen molar-refractivity contribution in [3.05, 3.63) is 42.0 Å². The maximum atomic E-state index is 13.2. The first-order valence-corrected chi connectivity index (χ1v) is 9.46. The molecule has 2 aliphatic rings. The second-order valence-electron chi connectivity index (χ2n) is 7.30. The molecule has 0 saturated carbocycles. The standard InChI is InChI=1S/C20H23FN4O2/c21-16-7-5-14(6-8-16)17-11-22-23-20(17)15-3-1-9-24(12-15)19(27)13-25-10-2-4-18(25)26/h5-8,11,15H,1-4,9-10,12-13H2,(H,22,23)/t15-/m1/s1. The fourth-order valence-electron chi connectivity index (χ4n) is 4.04. The van der Waals surface area contributed by atoms with Gasteiger partial charge in [0.05, 0.1) is 12.7 Å². The summed E-state index contributed by atoms with van der Waals surface area (Å²) in [6, 6.07) is 6.37. The number of aromatic amines is 1. The van der Waals surface area contributed by atoms with Crippen LogP contribution in [-0.4, -0.2) is 58.0 Å². The predicted octanol–water partition coefficient (Wildman–Crippen LogP) is 2.54. The maximum absolute atomic E-state index is 13.2. The Morgan fingerprint density at radius 1 is 1.22 bits per heavy atom. The van der Waals surface area contributed by atoms with E-state index in [0.717, 1.165) is 42.6 Å². The summed E-state index contributed by atoms with van der Waals surface area (Å²) < 4.78 is 13.2. The fraction of sp³-hybridized carbons (Fsp3) is 0.450. The van der Waals surface area contributed by atoms with Gasteiger partial charge in [0, 0.05) is 43.2 Å². The SMILES string of the molecule is O=C1CCCN1CC(=O)N1CCC[C@@H](c2[nH]ncc2-c2ccc(F)cc2)C1. The fourth-order valence-corrected chi connectivity index (χ4v) is 4.04. The van der Waals surface area contributed by atoms with Crippen LogP contribution in [0.2, 0.25) is 0 Å². The number of aromatic nitrogens is 2. The van der Waals surface area contributed by atoms with Crippen molar-refractivity contribution in [2.75, 3.05) is 26.2 Å². The summed E-state index contributed by atoms with van der Waals surface area (Å²) in [5.41, 5.74) is 2.84. The molecule has 0 unspecified atom stereocenters. The number of hydrogen-bond acceptors (Lipinski definition) is 3. The van der Waals surface area contributed by atoms with Crippen LogP contribution >= 0.6 is 0 Å². The average Bonchev–Trinajstić information content (AvgIpc) is 3.32. The van der Waals surface area contributed by atoms with E-state index in [-0.39, 0.29) is 30.1 Å². The van der Waals surface area contributed by atoms with E-state index < -0.39 is 0 Å². The molecule has 4 rings (SSSR count). The topological polar surface area (TPSA) is 69.3 Å². The molecule has 2 amide bonds. The number of hydrogen-bond donors (Lipinski definition) is 1. The molecular formula is C20H23FN4O2. The van der Waals surface area contributed by atoms with Gasteiger partial charge in [-0.25, -0.2) is 4.39 Å². The number of nitrogens with one attached hydrogen (secondary N) is 1. The molecule has 2 aromatic rings. The van der Waals surface area contributed by atoms with Gasteiger partial charge in [0.25, 0.3) is 0 Å². The van der Waals surface area contributed by atoms with E-state index in [0.29, 0.717) is 19.5 Å². The first-order valence-electron chi connectivity index (χ1n) is 9.46. The number of piperidine rings is 1. The van der Waals surface area contributed by atoms with E-state index in [1.165, 1.54) is 12.1 Å². The van der Waals surface area contributed by atoms with Crippen molar-refractivity contribution >= 4 is 11.8 Å². The van der Waals surface area contributed by atoms with Gasteiger partial charge in [-0.1, -0.05) is 12.1 Å². The summed E-state index contributed by atoms with van der Waals surface area (Å²) in [7, 11) is 0. The van der Waals surface area contributed by atoms with Gasteiger partial charge < -0.3 is 9.80 Å². The van der Waals surface area contributed by atoms with Crippen molar-refractivity contribution in [2.45, 2.75) is 31.6 Å². The third-order valence-corrected chi connectivity index (χ3v) is 5.50. The summed E-state index contributed by atoms with van der Waals surface area (Å²) in [5.74, 6) is -0.0314. The normalized spacial score (nSPS) is 20.3. The number of likely N-dealkylation sites (tertiary alicyclic amines) is 2. The Balaban J connectivity index is 1.47. The molecule has 1 N–H and O–H groups in total. The predicted molar refractivity (Wildman–Crippen MR) is 98.4 cm³/mol. The molecule has 0 spiro atoms. The van der Waals surface area contributed by atoms with Gasteiger partial charge in [-0.15, -0.1) is 0 Å². The van der Waals surface area contributed by atoms with Crippen molar-refractivity contribution in [1.29, 1.82) is 0 Å². The largest absolute Gasteiger partial charge is 0.340 e. The first kappa shape index (κ1) is 17.7. The smallest absolute Gasteiger partial charge is 0.242 e. The molecular weight excluding hydrogens is 347 g/mol. The van der Waals surface area contributed by atoms with E-state index in [2.05, 4.69) is 10.2 Å². The molecule has 1 aromatic carbocycles. The summed E-state index contributed by atoms with van der Waals surface area (Å²) in [6.45, 7) is 2.19. The molecule has 2 saturated heterocycles. The van der Waals surface area contributed by atoms with E-state index in [4.69, 9.17) is 0 Å². The molecule has 0 bridgehead atoms. The van der Waals surface area contributed by atoms with Crippen LogP contribution in [0.4, 0.5) is 4.39 Å². The number of H-pyrrole nitrogens is 1. The third-order valence-electron chi connectivity index (χ3n) is 5.50. The number of benzene rings is 1. The lowest BCUT2D eigenvalue weighted by Gasteiger charge is -2.33. The van der Waals surface area contributed by atoms with Crippen LogP contribution in [0.1, 0.15) is 37.3 Å². The van der Waals surface area contributed by atoms with Crippen LogP contribution in [0.5, 0.6) is 0 Å². The monoisotopic (exact) mass is 370 g/mol. The highest BCUT2D eigenvalue weighted by Crippen LogP contribution is 2.33. The third kappa shape index (κ3) is 3.72. The Morgan fingerprint density at radius 3 is 2.78 bits per heavy atom. The highest BCUT2D eigenvalue weighted by molar-refractivity contribution is 5.86. The number of nitrogens with zero attached hydrogens (tertiary/aromatic N) is 3. The Labute approximate surface area is 157 Å². The molecule has 0 radical (unpaired) electrons. The van der Waals surface area contributed by atoms with Gasteiger partial charge >= 0.3 is 0 Å². The number of halogens is 1. The van der Waals surface area contributed by atoms with Crippen molar-refractivity contribution in [3.63, 3.8) is 0 Å². The zero-order valence-corrected chi connectivity index (χ0v) is 15.2. The summed E-state index contributed by atoms with van der Waals surface area (Å²) >= 11 is 0. The first-order chi connectivity index (χ1) is 13.1. The minimum absolute atomic E-state index is 0.0118. The number of carbonyl (C=O) groups excluding carboxylic acids is 2. The van der Waals surface area contributed by atoms with Crippen molar-refractivity contribution in [2.24, 2.45) is 0 Å². The van der Waals surface area contributed by atoms with Gasteiger partial charge in [0.1, 0.15) is 5.82 Å². The van der Waals surface area contributed by atoms with E-state index in [9.17, 15) is 14.0 Å². The highest BCUT2D eigenvalue weighted by Gasteiger charge is 2.30. The maximum Gasteiger partial charge on any atom is 0.242 e. The molecule has 3 heterocycles. The lowest BCUT2D eigenvalue weighted by Crippen LogP contribution is -2.45. The quantitative estimate of drug-likeness (QED) is 0.899. The summed E-state index contributed by atoms with van der Waals surface area (Å²) in [6.07, 6.45) is 5.01. The van der Waals surface area contributed by atoms with Crippen LogP contribution in [-0.2, 0) is 9.59 Å². The van der Waals surface area contributed by atoms with Gasteiger partial charge in [0.15, 0.2) is 0 Å². The number of carbonyl (C=O) groups is 2. The van der Waals surface area contributed by atoms with Gasteiger partial charge in [-0.2, -0.15) is 5.10 Å². The minimum Gasteiger partial charge on any atom is -0.340 e. The van der Waals surface area contributed by atoms with Gasteiger partial charge in [-0.3, -0.25) is 14.7 Å². The van der Waals surface area contributed by atoms with Gasteiger partial charge in [-0.05, 0) is 37.0 Å². The molecule has 27 heavy (non-hydrogen) atoms. The Morgan fingerprint density at radius 2 is 2.04 bits per heavy atom. The Bertz CT molecular complexity index is 833. The van der Waals surface area contributed by atoms with Crippen LogP contribution in [0.15, 0.2) is 30.5 Å². The minimum atomic E-state index is -0.269. The highest BCUT2D eigenvalue weighted by atomic mass is 19.1. The molecule has 0 aliphatic carbocycles. The number of amides is 2. The molecule has 142 valence electrons. The molecule has 1 aromatic heterocycles.